The van der Waals surface area contributed by atoms with E-state index >= 15 is 0 Å². The molecule has 0 heterocycles. The van der Waals surface area contributed by atoms with E-state index < -0.39 is 5.97 Å². The van der Waals surface area contributed by atoms with Gasteiger partial charge in [-0.1, -0.05) is 44.2 Å². The Kier molecular flexibility index (Phi) is 4.88. The van der Waals surface area contributed by atoms with E-state index in [0.717, 1.165) is 0 Å². The number of carboxylic acids is 1. The number of hydrogen-bond donors (Lipinski definition) is 1. The zero-order valence-corrected chi connectivity index (χ0v) is 10.2. The van der Waals surface area contributed by atoms with Crippen LogP contribution in [0.1, 0.15) is 37.0 Å². The maximum atomic E-state index is 12.2. The number of ketones is 1. The minimum Gasteiger partial charge on any atom is -0.481 e. The monoisotopic (exact) mass is 234 g/mol. The fourth-order valence-electron chi connectivity index (χ4n) is 1.86. The van der Waals surface area contributed by atoms with Crippen molar-refractivity contribution in [1.82, 2.24) is 0 Å². The molecule has 0 aliphatic rings. The number of hydrogen-bond acceptors (Lipinski definition) is 2. The summed E-state index contributed by atoms with van der Waals surface area (Å²) < 4.78 is 0. The van der Waals surface area contributed by atoms with Crippen LogP contribution in [0.4, 0.5) is 0 Å². The summed E-state index contributed by atoms with van der Waals surface area (Å²) in [5.41, 5.74) is 0.664. The van der Waals surface area contributed by atoms with E-state index in [4.69, 9.17) is 5.11 Å². The summed E-state index contributed by atoms with van der Waals surface area (Å²) in [7, 11) is 0. The lowest BCUT2D eigenvalue weighted by Crippen LogP contribution is -2.21. The van der Waals surface area contributed by atoms with Crippen molar-refractivity contribution in [2.24, 2.45) is 11.8 Å². The van der Waals surface area contributed by atoms with Gasteiger partial charge in [0, 0.05) is 17.9 Å². The van der Waals surface area contributed by atoms with Gasteiger partial charge in [-0.2, -0.15) is 0 Å². The van der Waals surface area contributed by atoms with Crippen LogP contribution in [0.15, 0.2) is 30.3 Å². The molecule has 1 rings (SSSR count). The highest BCUT2D eigenvalue weighted by atomic mass is 16.4. The predicted octanol–water partition coefficient (Wildman–Crippen LogP) is 3.01. The lowest BCUT2D eigenvalue weighted by Gasteiger charge is -2.18. The molecule has 3 nitrogen and oxygen atoms in total. The number of carbonyl (C=O) groups excluding carboxylic acids is 1. The van der Waals surface area contributed by atoms with E-state index in [1.165, 1.54) is 0 Å². The molecule has 0 saturated heterocycles. The molecule has 92 valence electrons. The molecule has 0 fully saturated rings. The Hall–Kier alpha value is -1.64. The fraction of sp³-hybridized carbons (Fsp3) is 0.429. The largest absolute Gasteiger partial charge is 0.481 e. The van der Waals surface area contributed by atoms with Crippen LogP contribution in [0.25, 0.3) is 0 Å². The van der Waals surface area contributed by atoms with Crippen molar-refractivity contribution in [3.8, 4) is 0 Å². The first-order chi connectivity index (χ1) is 8.02. The first kappa shape index (κ1) is 13.4. The lowest BCUT2D eigenvalue weighted by atomic mass is 9.84. The Bertz CT molecular complexity index is 382. The molecule has 1 N–H and O–H groups in total. The highest BCUT2D eigenvalue weighted by Gasteiger charge is 2.23. The van der Waals surface area contributed by atoms with Gasteiger partial charge < -0.3 is 5.11 Å². The molecular weight excluding hydrogens is 216 g/mol. The maximum absolute atomic E-state index is 12.2. The van der Waals surface area contributed by atoms with Crippen LogP contribution in [-0.2, 0) is 4.79 Å². The summed E-state index contributed by atoms with van der Waals surface area (Å²) in [6.45, 7) is 3.90. The second-order valence-electron chi connectivity index (χ2n) is 4.51. The fourth-order valence-corrected chi connectivity index (χ4v) is 1.86. The molecule has 0 saturated carbocycles. The average molecular weight is 234 g/mol. The van der Waals surface area contributed by atoms with E-state index in [1.54, 1.807) is 12.1 Å². The van der Waals surface area contributed by atoms with Crippen molar-refractivity contribution in [2.75, 3.05) is 0 Å². The van der Waals surface area contributed by atoms with E-state index in [0.29, 0.717) is 12.0 Å². The van der Waals surface area contributed by atoms with Crippen molar-refractivity contribution in [1.29, 1.82) is 0 Å². The van der Waals surface area contributed by atoms with Crippen molar-refractivity contribution in [3.63, 3.8) is 0 Å². The van der Waals surface area contributed by atoms with E-state index in [1.807, 2.05) is 32.0 Å². The van der Waals surface area contributed by atoms with Crippen LogP contribution in [-0.4, -0.2) is 16.9 Å². The number of Topliss-reactive ketones (excluding diaryl/α,β-unsaturated/α-hetero) is 1. The molecule has 1 aromatic carbocycles. The first-order valence-corrected chi connectivity index (χ1v) is 5.83. The summed E-state index contributed by atoms with van der Waals surface area (Å²) in [4.78, 5) is 22.8. The Morgan fingerprint density at radius 3 is 2.24 bits per heavy atom. The summed E-state index contributed by atoms with van der Waals surface area (Å²) in [6.07, 6.45) is 0.447. The van der Waals surface area contributed by atoms with Crippen LogP contribution < -0.4 is 0 Å². The quantitative estimate of drug-likeness (QED) is 0.770. The van der Waals surface area contributed by atoms with Gasteiger partial charge in [-0.15, -0.1) is 0 Å². The number of carboxylic acid groups (broad SMARTS) is 1. The highest BCUT2D eigenvalue weighted by molar-refractivity contribution is 5.98. The smallest absolute Gasteiger partial charge is 0.303 e. The van der Waals surface area contributed by atoms with Gasteiger partial charge in [0.15, 0.2) is 5.78 Å². The van der Waals surface area contributed by atoms with Crippen LogP contribution in [0, 0.1) is 11.8 Å². The predicted molar refractivity (Wildman–Crippen MR) is 66.0 cm³/mol. The van der Waals surface area contributed by atoms with Gasteiger partial charge in [0.25, 0.3) is 0 Å². The Labute approximate surface area is 101 Å². The number of carbonyl (C=O) groups is 2. The summed E-state index contributed by atoms with van der Waals surface area (Å²) in [5.74, 6) is -0.867. The molecule has 0 bridgehead atoms. The van der Waals surface area contributed by atoms with Gasteiger partial charge >= 0.3 is 5.97 Å². The SMILES string of the molecule is CC(C)C(CCC(=O)O)C(=O)c1ccccc1. The normalized spacial score (nSPS) is 12.4. The standard InChI is InChI=1S/C14H18O3/c1-10(2)12(8-9-13(15)16)14(17)11-6-4-3-5-7-11/h3-7,10,12H,8-9H2,1-2H3,(H,15,16). The van der Waals surface area contributed by atoms with E-state index in [9.17, 15) is 9.59 Å². The maximum Gasteiger partial charge on any atom is 0.303 e. The molecule has 0 aliphatic carbocycles. The third kappa shape index (κ3) is 4.02. The van der Waals surface area contributed by atoms with Gasteiger partial charge in [-0.25, -0.2) is 0 Å². The number of aliphatic carboxylic acids is 1. The molecule has 1 unspecified atom stereocenters. The van der Waals surface area contributed by atoms with Crippen molar-refractivity contribution >= 4 is 11.8 Å². The number of benzene rings is 1. The van der Waals surface area contributed by atoms with Crippen LogP contribution in [0.3, 0.4) is 0 Å². The zero-order chi connectivity index (χ0) is 12.8. The van der Waals surface area contributed by atoms with Gasteiger partial charge in [-0.3, -0.25) is 9.59 Å². The van der Waals surface area contributed by atoms with Crippen LogP contribution >= 0.6 is 0 Å². The Balaban J connectivity index is 2.77. The molecule has 0 amide bonds. The third-order valence-corrected chi connectivity index (χ3v) is 2.87. The molecule has 0 spiro atoms. The average Bonchev–Trinajstić information content (AvgIpc) is 2.29. The second kappa shape index (κ2) is 6.18. The van der Waals surface area contributed by atoms with Gasteiger partial charge in [0.1, 0.15) is 0 Å². The van der Waals surface area contributed by atoms with Crippen LogP contribution in [0.2, 0.25) is 0 Å². The van der Waals surface area contributed by atoms with Gasteiger partial charge in [0.05, 0.1) is 0 Å². The highest BCUT2D eigenvalue weighted by Crippen LogP contribution is 2.22. The summed E-state index contributed by atoms with van der Waals surface area (Å²) in [6, 6.07) is 9.05. The molecular formula is C14H18O3. The van der Waals surface area contributed by atoms with Crippen molar-refractivity contribution < 1.29 is 14.7 Å². The second-order valence-corrected chi connectivity index (χ2v) is 4.51. The molecule has 0 aliphatic heterocycles. The number of rotatable bonds is 6. The molecule has 0 radical (unpaired) electrons. The molecule has 1 atom stereocenters. The lowest BCUT2D eigenvalue weighted by molar-refractivity contribution is -0.137. The Morgan fingerprint density at radius 2 is 1.76 bits per heavy atom. The first-order valence-electron chi connectivity index (χ1n) is 5.83. The van der Waals surface area contributed by atoms with Gasteiger partial charge in [0.2, 0.25) is 0 Å². The molecule has 17 heavy (non-hydrogen) atoms. The zero-order valence-electron chi connectivity index (χ0n) is 10.2. The molecule has 1 aromatic rings. The summed E-state index contributed by atoms with van der Waals surface area (Å²) in [5, 5.41) is 8.69. The molecule has 3 heteroatoms. The summed E-state index contributed by atoms with van der Waals surface area (Å²) >= 11 is 0. The minimum atomic E-state index is -0.850. The topological polar surface area (TPSA) is 54.4 Å². The third-order valence-electron chi connectivity index (χ3n) is 2.87. The van der Waals surface area contributed by atoms with E-state index in [2.05, 4.69) is 0 Å². The molecule has 0 aromatic heterocycles. The van der Waals surface area contributed by atoms with Crippen LogP contribution in [0.5, 0.6) is 0 Å². The Morgan fingerprint density at radius 1 is 1.18 bits per heavy atom. The minimum absolute atomic E-state index is 0.0431. The van der Waals surface area contributed by atoms with Crippen molar-refractivity contribution in [3.05, 3.63) is 35.9 Å². The van der Waals surface area contributed by atoms with E-state index in [-0.39, 0.29) is 24.0 Å². The van der Waals surface area contributed by atoms with Crippen molar-refractivity contribution in [2.45, 2.75) is 26.7 Å². The van der Waals surface area contributed by atoms with Gasteiger partial charge in [-0.05, 0) is 12.3 Å².